The van der Waals surface area contributed by atoms with Crippen LogP contribution in [0.3, 0.4) is 0 Å². The number of rotatable bonds is 5. The fraction of sp³-hybridized carbons (Fsp3) is 0.680. The number of ketones is 1. The van der Waals surface area contributed by atoms with Crippen molar-refractivity contribution >= 4 is 28.8 Å². The van der Waals surface area contributed by atoms with E-state index in [1.165, 1.54) is 31.3 Å². The second-order valence-electron chi connectivity index (χ2n) is 10.0. The molecule has 0 aromatic carbocycles. The SMILES string of the molecule is COC(=O)c1sc(C#CC(C)(C)C)cc1N(NC1CCC(C)CC1)C1CCC(=O)CC1. The van der Waals surface area contributed by atoms with Gasteiger partial charge in [0.2, 0.25) is 0 Å². The Hall–Kier alpha value is -1.84. The first-order valence-electron chi connectivity index (χ1n) is 11.5. The van der Waals surface area contributed by atoms with E-state index >= 15 is 0 Å². The van der Waals surface area contributed by atoms with E-state index in [4.69, 9.17) is 4.74 Å². The molecule has 5 nitrogen and oxygen atoms in total. The minimum absolute atomic E-state index is 0.115. The first-order valence-corrected chi connectivity index (χ1v) is 12.3. The van der Waals surface area contributed by atoms with E-state index in [9.17, 15) is 9.59 Å². The Morgan fingerprint density at radius 2 is 1.81 bits per heavy atom. The lowest BCUT2D eigenvalue weighted by molar-refractivity contribution is -0.120. The van der Waals surface area contributed by atoms with Gasteiger partial charge in [0.15, 0.2) is 0 Å². The number of thiophene rings is 1. The number of hydrogen-bond donors (Lipinski definition) is 1. The van der Waals surface area contributed by atoms with Gasteiger partial charge >= 0.3 is 5.97 Å². The molecule has 1 aromatic rings. The number of nitrogens with one attached hydrogen (secondary N) is 1. The van der Waals surface area contributed by atoms with Gasteiger partial charge in [-0.3, -0.25) is 4.79 Å². The van der Waals surface area contributed by atoms with Gasteiger partial charge in [0, 0.05) is 30.3 Å². The molecule has 2 saturated carbocycles. The molecule has 0 radical (unpaired) electrons. The zero-order chi connectivity index (χ0) is 22.6. The summed E-state index contributed by atoms with van der Waals surface area (Å²) in [6.45, 7) is 8.54. The van der Waals surface area contributed by atoms with Crippen LogP contribution < -0.4 is 10.4 Å². The molecule has 0 saturated heterocycles. The number of nitrogens with zero attached hydrogens (tertiary/aromatic N) is 1. The van der Waals surface area contributed by atoms with E-state index < -0.39 is 0 Å². The van der Waals surface area contributed by atoms with Crippen molar-refractivity contribution in [3.8, 4) is 11.8 Å². The minimum Gasteiger partial charge on any atom is -0.465 e. The molecule has 6 heteroatoms. The van der Waals surface area contributed by atoms with Crippen molar-refractivity contribution in [2.75, 3.05) is 12.1 Å². The first-order chi connectivity index (χ1) is 14.7. The van der Waals surface area contributed by atoms with Crippen LogP contribution in [-0.2, 0) is 9.53 Å². The molecule has 0 atom stereocenters. The minimum atomic E-state index is -0.334. The van der Waals surface area contributed by atoms with Crippen LogP contribution in [0.2, 0.25) is 0 Å². The van der Waals surface area contributed by atoms with Crippen molar-refractivity contribution in [2.24, 2.45) is 11.3 Å². The van der Waals surface area contributed by atoms with Crippen LogP contribution in [0.15, 0.2) is 6.07 Å². The zero-order valence-corrected chi connectivity index (χ0v) is 20.4. The van der Waals surface area contributed by atoms with Gasteiger partial charge in [0.1, 0.15) is 10.7 Å². The number of hydrogen-bond acceptors (Lipinski definition) is 6. The Bertz CT molecular complexity index is 840. The summed E-state index contributed by atoms with van der Waals surface area (Å²) >= 11 is 1.39. The molecule has 0 bridgehead atoms. The summed E-state index contributed by atoms with van der Waals surface area (Å²) in [6, 6.07) is 2.58. The Morgan fingerprint density at radius 3 is 2.39 bits per heavy atom. The topological polar surface area (TPSA) is 58.6 Å². The van der Waals surface area contributed by atoms with Crippen LogP contribution in [0, 0.1) is 23.2 Å². The molecule has 31 heavy (non-hydrogen) atoms. The van der Waals surface area contributed by atoms with E-state index in [-0.39, 0.29) is 17.4 Å². The molecule has 1 aromatic heterocycles. The van der Waals surface area contributed by atoms with Gasteiger partial charge in [-0.1, -0.05) is 18.8 Å². The summed E-state index contributed by atoms with van der Waals surface area (Å²) < 4.78 is 5.11. The van der Waals surface area contributed by atoms with Gasteiger partial charge in [-0.05, 0) is 71.3 Å². The highest BCUT2D eigenvalue weighted by Crippen LogP contribution is 2.35. The highest BCUT2D eigenvalue weighted by molar-refractivity contribution is 7.15. The van der Waals surface area contributed by atoms with Crippen LogP contribution in [0.25, 0.3) is 0 Å². The normalized spacial score (nSPS) is 22.5. The summed E-state index contributed by atoms with van der Waals surface area (Å²) in [5.74, 6) is 7.29. The third-order valence-electron chi connectivity index (χ3n) is 6.12. The number of Topliss-reactive ketones (excluding diaryl/α,β-unsaturated/α-hetero) is 1. The van der Waals surface area contributed by atoms with Gasteiger partial charge in [0.05, 0.1) is 17.7 Å². The molecule has 3 rings (SSSR count). The number of anilines is 1. The number of carbonyl (C=O) groups excluding carboxylic acids is 2. The average Bonchev–Trinajstić information content (AvgIpc) is 3.16. The average molecular weight is 445 g/mol. The Morgan fingerprint density at radius 1 is 1.16 bits per heavy atom. The standard InChI is InChI=1S/C25H36N2O3S/c1-17-6-8-18(9-7-17)26-27(19-10-12-20(28)13-11-19)22-16-21(14-15-25(2,3)4)31-23(22)24(29)30-5/h16-19,26H,6-13H2,1-5H3. The van der Waals surface area contributed by atoms with Crippen molar-refractivity contribution in [1.82, 2.24) is 5.43 Å². The summed E-state index contributed by atoms with van der Waals surface area (Å²) in [6.07, 6.45) is 7.46. The molecular formula is C25H36N2O3S. The van der Waals surface area contributed by atoms with Crippen molar-refractivity contribution in [3.63, 3.8) is 0 Å². The molecule has 1 heterocycles. The molecule has 0 unspecified atom stereocenters. The van der Waals surface area contributed by atoms with Crippen LogP contribution in [0.5, 0.6) is 0 Å². The van der Waals surface area contributed by atoms with Gasteiger partial charge < -0.3 is 9.75 Å². The molecule has 0 amide bonds. The van der Waals surface area contributed by atoms with E-state index in [0.717, 1.165) is 42.2 Å². The molecule has 0 aliphatic heterocycles. The van der Waals surface area contributed by atoms with Crippen molar-refractivity contribution in [3.05, 3.63) is 15.8 Å². The van der Waals surface area contributed by atoms with Gasteiger partial charge in [-0.25, -0.2) is 10.2 Å². The summed E-state index contributed by atoms with van der Waals surface area (Å²) in [4.78, 5) is 26.0. The van der Waals surface area contributed by atoms with E-state index in [2.05, 4.69) is 50.0 Å². The number of carbonyl (C=O) groups is 2. The maximum absolute atomic E-state index is 12.7. The second-order valence-corrected chi connectivity index (χ2v) is 11.1. The lowest BCUT2D eigenvalue weighted by Gasteiger charge is -2.40. The van der Waals surface area contributed by atoms with Gasteiger partial charge in [-0.15, -0.1) is 11.3 Å². The molecule has 2 aliphatic carbocycles. The lowest BCUT2D eigenvalue weighted by Crippen LogP contribution is -2.53. The fourth-order valence-corrected chi connectivity index (χ4v) is 5.17. The maximum atomic E-state index is 12.7. The van der Waals surface area contributed by atoms with Crippen molar-refractivity contribution in [1.29, 1.82) is 0 Å². The van der Waals surface area contributed by atoms with Crippen molar-refractivity contribution in [2.45, 2.75) is 91.1 Å². The zero-order valence-electron chi connectivity index (χ0n) is 19.5. The van der Waals surface area contributed by atoms with Crippen LogP contribution in [0.4, 0.5) is 5.69 Å². The molecule has 2 aliphatic rings. The Balaban J connectivity index is 1.95. The van der Waals surface area contributed by atoms with Crippen LogP contribution in [0.1, 0.15) is 93.6 Å². The summed E-state index contributed by atoms with van der Waals surface area (Å²) in [7, 11) is 1.42. The predicted molar refractivity (Wildman–Crippen MR) is 126 cm³/mol. The third-order valence-corrected chi connectivity index (χ3v) is 7.14. The molecule has 0 spiro atoms. The third kappa shape index (κ3) is 6.57. The quantitative estimate of drug-likeness (QED) is 0.378. The van der Waals surface area contributed by atoms with Crippen molar-refractivity contribution < 1.29 is 14.3 Å². The molecule has 2 fully saturated rings. The lowest BCUT2D eigenvalue weighted by atomic mass is 9.87. The smallest absolute Gasteiger partial charge is 0.350 e. The van der Waals surface area contributed by atoms with E-state index in [1.54, 1.807) is 0 Å². The number of methoxy groups -OCH3 is 1. The second kappa shape index (κ2) is 10.2. The molecule has 170 valence electrons. The highest BCUT2D eigenvalue weighted by atomic mass is 32.1. The molecule has 1 N–H and O–H groups in total. The number of ether oxygens (including phenoxy) is 1. The predicted octanol–water partition coefficient (Wildman–Crippen LogP) is 5.33. The van der Waals surface area contributed by atoms with E-state index in [1.807, 2.05) is 6.07 Å². The first kappa shape index (κ1) is 23.8. The molecular weight excluding hydrogens is 408 g/mol. The summed E-state index contributed by atoms with van der Waals surface area (Å²) in [5.41, 5.74) is 4.48. The Kier molecular flexibility index (Phi) is 7.82. The van der Waals surface area contributed by atoms with Crippen LogP contribution >= 0.6 is 11.3 Å². The highest BCUT2D eigenvalue weighted by Gasteiger charge is 2.32. The van der Waals surface area contributed by atoms with Crippen LogP contribution in [-0.4, -0.2) is 30.9 Å². The monoisotopic (exact) mass is 444 g/mol. The maximum Gasteiger partial charge on any atom is 0.350 e. The Labute approximate surface area is 190 Å². The van der Waals surface area contributed by atoms with Gasteiger partial charge in [-0.2, -0.15) is 0 Å². The van der Waals surface area contributed by atoms with Gasteiger partial charge in [0.25, 0.3) is 0 Å². The summed E-state index contributed by atoms with van der Waals surface area (Å²) in [5, 5.41) is 2.18. The number of hydrazine groups is 1. The largest absolute Gasteiger partial charge is 0.465 e. The van der Waals surface area contributed by atoms with E-state index in [0.29, 0.717) is 29.5 Å². The fourth-order valence-electron chi connectivity index (χ4n) is 4.25. The number of esters is 1.